The lowest BCUT2D eigenvalue weighted by Gasteiger charge is -2.26. The summed E-state index contributed by atoms with van der Waals surface area (Å²) >= 11 is 0. The zero-order chi connectivity index (χ0) is 15.9. The van der Waals surface area contributed by atoms with Gasteiger partial charge in [0.2, 0.25) is 5.91 Å². The van der Waals surface area contributed by atoms with Crippen molar-refractivity contribution in [2.75, 3.05) is 18.9 Å². The second-order valence-corrected chi connectivity index (χ2v) is 6.85. The molecule has 0 spiro atoms. The highest BCUT2D eigenvalue weighted by molar-refractivity contribution is 5.93. The van der Waals surface area contributed by atoms with Crippen LogP contribution in [0, 0.1) is 0 Å². The Kier molecular flexibility index (Phi) is 6.44. The molecular weight excluding hydrogens is 272 g/mol. The number of anilines is 1. The fraction of sp³-hybridized carbons (Fsp3) is 0.632. The molecule has 3 heteroatoms. The first kappa shape index (κ1) is 17.0. The van der Waals surface area contributed by atoms with Crippen molar-refractivity contribution < 1.29 is 4.79 Å². The molecule has 0 aliphatic heterocycles. The highest BCUT2D eigenvalue weighted by Crippen LogP contribution is 2.24. The van der Waals surface area contributed by atoms with Gasteiger partial charge in [-0.15, -0.1) is 0 Å². The van der Waals surface area contributed by atoms with E-state index in [0.29, 0.717) is 18.5 Å². The summed E-state index contributed by atoms with van der Waals surface area (Å²) in [5.74, 6) is 0.510. The van der Waals surface area contributed by atoms with E-state index in [4.69, 9.17) is 0 Å². The molecule has 22 heavy (non-hydrogen) atoms. The third-order valence-corrected chi connectivity index (χ3v) is 4.70. The summed E-state index contributed by atoms with van der Waals surface area (Å²) < 4.78 is 0. The van der Waals surface area contributed by atoms with Crippen LogP contribution < -0.4 is 5.32 Å². The summed E-state index contributed by atoms with van der Waals surface area (Å²) in [6, 6.07) is 8.67. The van der Waals surface area contributed by atoms with Gasteiger partial charge in [0, 0.05) is 11.7 Å². The van der Waals surface area contributed by atoms with Crippen molar-refractivity contribution in [2.24, 2.45) is 0 Å². The highest BCUT2D eigenvalue weighted by atomic mass is 16.2. The van der Waals surface area contributed by atoms with Gasteiger partial charge < -0.3 is 5.32 Å². The van der Waals surface area contributed by atoms with Crippen molar-refractivity contribution in [1.82, 2.24) is 4.90 Å². The van der Waals surface area contributed by atoms with Crippen LogP contribution in [0.2, 0.25) is 0 Å². The molecule has 0 atom stereocenters. The minimum Gasteiger partial charge on any atom is -0.325 e. The molecule has 0 radical (unpaired) electrons. The topological polar surface area (TPSA) is 32.3 Å². The van der Waals surface area contributed by atoms with Gasteiger partial charge in [0.15, 0.2) is 0 Å². The maximum atomic E-state index is 12.4. The molecule has 0 saturated heterocycles. The van der Waals surface area contributed by atoms with Gasteiger partial charge in [-0.2, -0.15) is 0 Å². The zero-order valence-electron chi connectivity index (χ0n) is 14.3. The molecule has 1 amide bonds. The van der Waals surface area contributed by atoms with Crippen molar-refractivity contribution in [3.63, 3.8) is 0 Å². The monoisotopic (exact) mass is 302 g/mol. The summed E-state index contributed by atoms with van der Waals surface area (Å²) in [5.41, 5.74) is 2.16. The lowest BCUT2D eigenvalue weighted by atomic mass is 10.0. The van der Waals surface area contributed by atoms with E-state index in [1.165, 1.54) is 44.1 Å². The Hall–Kier alpha value is -1.35. The van der Waals surface area contributed by atoms with Crippen LogP contribution in [-0.2, 0) is 4.79 Å². The van der Waals surface area contributed by atoms with E-state index in [1.54, 1.807) is 0 Å². The fourth-order valence-corrected chi connectivity index (χ4v) is 3.36. The van der Waals surface area contributed by atoms with Crippen LogP contribution in [0.15, 0.2) is 24.3 Å². The standard InChI is InChI=1S/C19H30N2O/c1-15(2)17-12-8-9-13-18(17)20-19(22)14-21(3)16-10-6-4-5-7-11-16/h8-9,12-13,15-16H,4-7,10-11,14H2,1-3H3,(H,20,22). The summed E-state index contributed by atoms with van der Waals surface area (Å²) in [7, 11) is 2.09. The fourth-order valence-electron chi connectivity index (χ4n) is 3.36. The lowest BCUT2D eigenvalue weighted by molar-refractivity contribution is -0.117. The molecule has 1 fully saturated rings. The smallest absolute Gasteiger partial charge is 0.238 e. The molecule has 0 bridgehead atoms. The van der Waals surface area contributed by atoms with Crippen LogP contribution in [-0.4, -0.2) is 30.4 Å². The second kappa shape index (κ2) is 8.33. The number of carbonyl (C=O) groups excluding carboxylic acids is 1. The number of hydrogen-bond donors (Lipinski definition) is 1. The van der Waals surface area contributed by atoms with E-state index < -0.39 is 0 Å². The van der Waals surface area contributed by atoms with Gasteiger partial charge >= 0.3 is 0 Å². The van der Waals surface area contributed by atoms with Gasteiger partial charge in [0.05, 0.1) is 6.54 Å². The van der Waals surface area contributed by atoms with Crippen molar-refractivity contribution in [3.05, 3.63) is 29.8 Å². The third-order valence-electron chi connectivity index (χ3n) is 4.70. The molecule has 1 N–H and O–H groups in total. The Morgan fingerprint density at radius 2 is 1.82 bits per heavy atom. The Labute approximate surface area is 135 Å². The molecule has 1 aliphatic carbocycles. The van der Waals surface area contributed by atoms with Crippen molar-refractivity contribution >= 4 is 11.6 Å². The average molecular weight is 302 g/mol. The van der Waals surface area contributed by atoms with Crippen LogP contribution in [0.25, 0.3) is 0 Å². The Bertz CT molecular complexity index is 476. The Morgan fingerprint density at radius 1 is 1.18 bits per heavy atom. The van der Waals surface area contributed by atoms with E-state index in [0.717, 1.165) is 5.69 Å². The molecule has 1 aliphatic rings. The summed E-state index contributed by atoms with van der Waals surface area (Å²) in [5, 5.41) is 3.10. The number of para-hydroxylation sites is 1. The molecular formula is C19H30N2O. The first-order valence-electron chi connectivity index (χ1n) is 8.67. The van der Waals surface area contributed by atoms with E-state index in [2.05, 4.69) is 37.2 Å². The van der Waals surface area contributed by atoms with Crippen molar-refractivity contribution in [3.8, 4) is 0 Å². The molecule has 1 aromatic carbocycles. The van der Waals surface area contributed by atoms with Crippen molar-refractivity contribution in [2.45, 2.75) is 64.3 Å². The molecule has 2 rings (SSSR count). The Morgan fingerprint density at radius 3 is 2.45 bits per heavy atom. The molecule has 122 valence electrons. The second-order valence-electron chi connectivity index (χ2n) is 6.85. The van der Waals surface area contributed by atoms with Crippen LogP contribution in [0.3, 0.4) is 0 Å². The maximum Gasteiger partial charge on any atom is 0.238 e. The van der Waals surface area contributed by atoms with Gasteiger partial charge in [-0.25, -0.2) is 0 Å². The van der Waals surface area contributed by atoms with Gasteiger partial charge in [-0.3, -0.25) is 9.69 Å². The molecule has 0 aromatic heterocycles. The largest absolute Gasteiger partial charge is 0.325 e. The summed E-state index contributed by atoms with van der Waals surface area (Å²) in [4.78, 5) is 14.6. The predicted molar refractivity (Wildman–Crippen MR) is 93.3 cm³/mol. The van der Waals surface area contributed by atoms with Gasteiger partial charge in [0.1, 0.15) is 0 Å². The van der Waals surface area contributed by atoms with Crippen LogP contribution in [0.1, 0.15) is 63.9 Å². The van der Waals surface area contributed by atoms with Gasteiger partial charge in [0.25, 0.3) is 0 Å². The lowest BCUT2D eigenvalue weighted by Crippen LogP contribution is -2.37. The van der Waals surface area contributed by atoms with Crippen molar-refractivity contribution in [1.29, 1.82) is 0 Å². The molecule has 0 heterocycles. The SMILES string of the molecule is CC(C)c1ccccc1NC(=O)CN(C)C1CCCCCC1. The summed E-state index contributed by atoms with van der Waals surface area (Å²) in [6.45, 7) is 4.79. The number of hydrogen-bond acceptors (Lipinski definition) is 2. The quantitative estimate of drug-likeness (QED) is 0.817. The molecule has 1 aromatic rings. The minimum absolute atomic E-state index is 0.0971. The normalized spacial score (nSPS) is 16.8. The number of amides is 1. The predicted octanol–water partition coefficient (Wildman–Crippen LogP) is 4.40. The van der Waals surface area contributed by atoms with E-state index in [9.17, 15) is 4.79 Å². The number of benzene rings is 1. The first-order chi connectivity index (χ1) is 10.6. The van der Waals surface area contributed by atoms with E-state index in [1.807, 2.05) is 18.2 Å². The highest BCUT2D eigenvalue weighted by Gasteiger charge is 2.19. The minimum atomic E-state index is 0.0971. The molecule has 3 nitrogen and oxygen atoms in total. The number of carbonyl (C=O) groups is 1. The maximum absolute atomic E-state index is 12.4. The van der Waals surface area contributed by atoms with Crippen LogP contribution >= 0.6 is 0 Å². The third kappa shape index (κ3) is 4.84. The number of nitrogens with one attached hydrogen (secondary N) is 1. The van der Waals surface area contributed by atoms with E-state index >= 15 is 0 Å². The average Bonchev–Trinajstić information content (AvgIpc) is 2.76. The number of likely N-dealkylation sites (N-methyl/N-ethyl adjacent to an activating group) is 1. The van der Waals surface area contributed by atoms with Crippen LogP contribution in [0.4, 0.5) is 5.69 Å². The molecule has 0 unspecified atom stereocenters. The first-order valence-corrected chi connectivity index (χ1v) is 8.67. The number of nitrogens with zero attached hydrogens (tertiary/aromatic N) is 1. The van der Waals surface area contributed by atoms with E-state index in [-0.39, 0.29) is 5.91 Å². The zero-order valence-corrected chi connectivity index (χ0v) is 14.3. The molecule has 1 saturated carbocycles. The van der Waals surface area contributed by atoms with Gasteiger partial charge in [-0.05, 0) is 37.4 Å². The van der Waals surface area contributed by atoms with Crippen LogP contribution in [0.5, 0.6) is 0 Å². The summed E-state index contributed by atoms with van der Waals surface area (Å²) in [6.07, 6.45) is 7.74. The number of rotatable bonds is 5. The Balaban J connectivity index is 1.92. The van der Waals surface area contributed by atoms with Gasteiger partial charge in [-0.1, -0.05) is 57.7 Å².